The number of nitrogens with one attached hydrogen (secondary N) is 2. The topological polar surface area (TPSA) is 49.8 Å². The zero-order chi connectivity index (χ0) is 10.7. The molecule has 1 aliphatic heterocycles. The molecule has 1 aromatic heterocycles. The Labute approximate surface area is 94.4 Å². The zero-order valence-corrected chi connectivity index (χ0v) is 9.51. The number of anilines is 1. The Morgan fingerprint density at radius 3 is 3.07 bits per heavy atom. The van der Waals surface area contributed by atoms with Crippen LogP contribution in [0.5, 0.6) is 0 Å². The predicted octanol–water partition coefficient (Wildman–Crippen LogP) is 1.60. The van der Waals surface area contributed by atoms with Gasteiger partial charge in [-0.25, -0.2) is 0 Å². The fourth-order valence-corrected chi connectivity index (χ4v) is 1.97. The molecule has 5 heteroatoms. The average molecular weight is 227 g/mol. The molecule has 1 atom stereocenters. The molecule has 1 aromatic rings. The van der Waals surface area contributed by atoms with Crippen LogP contribution in [0.3, 0.4) is 0 Å². The van der Waals surface area contributed by atoms with E-state index in [4.69, 9.17) is 11.6 Å². The molecule has 82 valence electrons. The van der Waals surface area contributed by atoms with Gasteiger partial charge in [0.15, 0.2) is 11.0 Å². The highest BCUT2D eigenvalue weighted by atomic mass is 35.5. The summed E-state index contributed by atoms with van der Waals surface area (Å²) in [7, 11) is 0. The van der Waals surface area contributed by atoms with Gasteiger partial charge in [0.05, 0.1) is 0 Å². The minimum atomic E-state index is 0.444. The van der Waals surface area contributed by atoms with Gasteiger partial charge in [0.25, 0.3) is 0 Å². The molecule has 15 heavy (non-hydrogen) atoms. The quantitative estimate of drug-likeness (QED) is 0.805. The Kier molecular flexibility index (Phi) is 3.38. The Morgan fingerprint density at radius 1 is 1.53 bits per heavy atom. The van der Waals surface area contributed by atoms with Gasteiger partial charge in [-0.2, -0.15) is 0 Å². The molecule has 1 saturated heterocycles. The number of nitrogens with zero attached hydrogens (tertiary/aromatic N) is 2. The summed E-state index contributed by atoms with van der Waals surface area (Å²) in [6.07, 6.45) is 2.38. The highest BCUT2D eigenvalue weighted by Gasteiger charge is 2.14. The maximum absolute atomic E-state index is 5.75. The fourth-order valence-electron chi connectivity index (χ4n) is 1.76. The normalized spacial score (nSPS) is 21.3. The van der Waals surface area contributed by atoms with Gasteiger partial charge in [-0.1, -0.05) is 11.6 Å². The molecule has 0 bridgehead atoms. The van der Waals surface area contributed by atoms with Crippen molar-refractivity contribution >= 4 is 17.4 Å². The van der Waals surface area contributed by atoms with E-state index in [9.17, 15) is 0 Å². The first-order valence-electron chi connectivity index (χ1n) is 5.23. The minimum absolute atomic E-state index is 0.444. The monoisotopic (exact) mass is 226 g/mol. The van der Waals surface area contributed by atoms with E-state index in [2.05, 4.69) is 20.8 Å². The fraction of sp³-hybridized carbons (Fsp3) is 0.600. The number of aryl methyl sites for hydroxylation is 1. The van der Waals surface area contributed by atoms with Crippen molar-refractivity contribution in [3.05, 3.63) is 16.8 Å². The maximum atomic E-state index is 5.75. The summed E-state index contributed by atoms with van der Waals surface area (Å²) in [6.45, 7) is 4.09. The van der Waals surface area contributed by atoms with E-state index in [1.54, 1.807) is 0 Å². The van der Waals surface area contributed by atoms with E-state index in [1.807, 2.05) is 13.0 Å². The van der Waals surface area contributed by atoms with Crippen LogP contribution in [0.4, 0.5) is 5.82 Å². The van der Waals surface area contributed by atoms with Crippen molar-refractivity contribution in [2.24, 2.45) is 0 Å². The molecular formula is C10H15ClN4. The van der Waals surface area contributed by atoms with Crippen molar-refractivity contribution in [3.8, 4) is 0 Å². The summed E-state index contributed by atoms with van der Waals surface area (Å²) < 4.78 is 0. The van der Waals surface area contributed by atoms with Crippen molar-refractivity contribution in [3.63, 3.8) is 0 Å². The van der Waals surface area contributed by atoms with Crippen LogP contribution < -0.4 is 10.6 Å². The molecule has 2 rings (SSSR count). The Morgan fingerprint density at radius 2 is 2.40 bits per heavy atom. The number of piperidine rings is 1. The van der Waals surface area contributed by atoms with Crippen molar-refractivity contribution in [1.82, 2.24) is 15.5 Å². The van der Waals surface area contributed by atoms with Crippen LogP contribution in [0, 0.1) is 6.92 Å². The number of hydrogen-bond acceptors (Lipinski definition) is 4. The summed E-state index contributed by atoms with van der Waals surface area (Å²) in [5.41, 5.74) is 1.04. The number of rotatable bonds is 2. The first kappa shape index (κ1) is 10.6. The van der Waals surface area contributed by atoms with E-state index in [-0.39, 0.29) is 0 Å². The van der Waals surface area contributed by atoms with Crippen LogP contribution >= 0.6 is 11.6 Å². The summed E-state index contributed by atoms with van der Waals surface area (Å²) in [5.74, 6) is 0.841. The molecule has 0 saturated carbocycles. The highest BCUT2D eigenvalue weighted by molar-refractivity contribution is 6.29. The van der Waals surface area contributed by atoms with Crippen LogP contribution in [0.15, 0.2) is 6.07 Å². The van der Waals surface area contributed by atoms with Gasteiger partial charge in [0, 0.05) is 12.6 Å². The molecule has 0 aromatic carbocycles. The first-order chi connectivity index (χ1) is 7.25. The van der Waals surface area contributed by atoms with Gasteiger partial charge in [0.1, 0.15) is 0 Å². The summed E-state index contributed by atoms with van der Waals surface area (Å²) in [6, 6.07) is 2.28. The van der Waals surface area contributed by atoms with Crippen LogP contribution in [0.2, 0.25) is 5.15 Å². The molecule has 0 unspecified atom stereocenters. The predicted molar refractivity (Wildman–Crippen MR) is 61.3 cm³/mol. The van der Waals surface area contributed by atoms with Gasteiger partial charge >= 0.3 is 0 Å². The summed E-state index contributed by atoms with van der Waals surface area (Å²) >= 11 is 5.75. The molecule has 2 heterocycles. The summed E-state index contributed by atoms with van der Waals surface area (Å²) in [4.78, 5) is 0. The van der Waals surface area contributed by atoms with Crippen LogP contribution in [0.25, 0.3) is 0 Å². The Bertz CT molecular complexity index is 336. The van der Waals surface area contributed by atoms with Crippen molar-refractivity contribution in [2.45, 2.75) is 25.8 Å². The molecule has 0 radical (unpaired) electrons. The molecular weight excluding hydrogens is 212 g/mol. The number of aromatic nitrogens is 2. The largest absolute Gasteiger partial charge is 0.364 e. The SMILES string of the molecule is Cc1cc(Cl)nnc1N[C@@H]1CCCNC1. The van der Waals surface area contributed by atoms with Crippen LogP contribution in [0.1, 0.15) is 18.4 Å². The first-order valence-corrected chi connectivity index (χ1v) is 5.60. The smallest absolute Gasteiger partial charge is 0.152 e. The van der Waals surface area contributed by atoms with Crippen LogP contribution in [-0.2, 0) is 0 Å². The lowest BCUT2D eigenvalue weighted by atomic mass is 10.1. The number of halogens is 1. The van der Waals surface area contributed by atoms with E-state index in [0.717, 1.165) is 24.5 Å². The van der Waals surface area contributed by atoms with E-state index >= 15 is 0 Å². The molecule has 1 aliphatic rings. The molecule has 1 fully saturated rings. The van der Waals surface area contributed by atoms with Crippen molar-refractivity contribution in [1.29, 1.82) is 0 Å². The summed E-state index contributed by atoms with van der Waals surface area (Å²) in [5, 5.41) is 15.1. The van der Waals surface area contributed by atoms with E-state index in [0.29, 0.717) is 11.2 Å². The second kappa shape index (κ2) is 4.77. The van der Waals surface area contributed by atoms with Crippen molar-refractivity contribution < 1.29 is 0 Å². The lowest BCUT2D eigenvalue weighted by molar-refractivity contribution is 0.478. The third-order valence-corrected chi connectivity index (χ3v) is 2.78. The van der Waals surface area contributed by atoms with Gasteiger partial charge in [0.2, 0.25) is 0 Å². The lowest BCUT2D eigenvalue weighted by Crippen LogP contribution is -2.38. The zero-order valence-electron chi connectivity index (χ0n) is 8.76. The minimum Gasteiger partial charge on any atom is -0.364 e. The average Bonchev–Trinajstić information content (AvgIpc) is 2.24. The molecule has 0 amide bonds. The second-order valence-electron chi connectivity index (χ2n) is 3.89. The molecule has 4 nitrogen and oxygen atoms in total. The lowest BCUT2D eigenvalue weighted by Gasteiger charge is -2.24. The molecule has 0 spiro atoms. The molecule has 2 N–H and O–H groups in total. The van der Waals surface area contributed by atoms with Crippen molar-refractivity contribution in [2.75, 3.05) is 18.4 Å². The molecule has 0 aliphatic carbocycles. The third-order valence-electron chi connectivity index (χ3n) is 2.59. The highest BCUT2D eigenvalue weighted by Crippen LogP contribution is 2.16. The Hall–Kier alpha value is -0.870. The standard InChI is InChI=1S/C10H15ClN4/c1-7-5-9(11)14-15-10(7)13-8-3-2-4-12-6-8/h5,8,12H,2-4,6H2,1H3,(H,13,15)/t8-/m1/s1. The third kappa shape index (κ3) is 2.79. The van der Waals surface area contributed by atoms with E-state index in [1.165, 1.54) is 12.8 Å². The maximum Gasteiger partial charge on any atom is 0.152 e. The van der Waals surface area contributed by atoms with Gasteiger partial charge < -0.3 is 10.6 Å². The van der Waals surface area contributed by atoms with Gasteiger partial charge in [-0.15, -0.1) is 10.2 Å². The Balaban J connectivity index is 2.03. The van der Waals surface area contributed by atoms with Gasteiger partial charge in [-0.3, -0.25) is 0 Å². The van der Waals surface area contributed by atoms with E-state index < -0.39 is 0 Å². The van der Waals surface area contributed by atoms with Gasteiger partial charge in [-0.05, 0) is 37.9 Å². The second-order valence-corrected chi connectivity index (χ2v) is 4.27. The number of hydrogen-bond donors (Lipinski definition) is 2. The van der Waals surface area contributed by atoms with Crippen LogP contribution in [-0.4, -0.2) is 29.3 Å².